The fraction of sp³-hybridized carbons (Fsp3) is 0.364. The van der Waals surface area contributed by atoms with E-state index >= 15 is 0 Å². The summed E-state index contributed by atoms with van der Waals surface area (Å²) in [7, 11) is 0. The van der Waals surface area contributed by atoms with Gasteiger partial charge in [0.25, 0.3) is 0 Å². The van der Waals surface area contributed by atoms with E-state index in [2.05, 4.69) is 21.1 Å². The van der Waals surface area contributed by atoms with Crippen LogP contribution in [-0.2, 0) is 0 Å². The molecule has 1 aliphatic carbocycles. The van der Waals surface area contributed by atoms with E-state index in [0.717, 1.165) is 17.3 Å². The third-order valence-electron chi connectivity index (χ3n) is 2.69. The summed E-state index contributed by atoms with van der Waals surface area (Å²) >= 11 is 3.37. The average Bonchev–Trinajstić information content (AvgIpc) is 2.22. The van der Waals surface area contributed by atoms with Gasteiger partial charge in [-0.05, 0) is 47.3 Å². The number of oxime groups is 1. The van der Waals surface area contributed by atoms with Crippen LogP contribution in [0.15, 0.2) is 27.8 Å². The summed E-state index contributed by atoms with van der Waals surface area (Å²) in [5, 5.41) is 11.7. The van der Waals surface area contributed by atoms with Gasteiger partial charge in [-0.3, -0.25) is 0 Å². The largest absolute Gasteiger partial charge is 0.490 e. The molecular weight excluding hydrogens is 272 g/mol. The zero-order valence-electron chi connectivity index (χ0n) is 8.69. The Kier molecular flexibility index (Phi) is 3.33. The van der Waals surface area contributed by atoms with Crippen molar-refractivity contribution in [3.05, 3.63) is 28.2 Å². The molecule has 0 spiro atoms. The molecule has 0 heterocycles. The molecule has 2 rings (SSSR count). The molecule has 1 aromatic carbocycles. The second-order valence-electron chi connectivity index (χ2n) is 3.77. The number of amidine groups is 1. The van der Waals surface area contributed by atoms with Gasteiger partial charge in [-0.1, -0.05) is 11.2 Å². The van der Waals surface area contributed by atoms with Crippen molar-refractivity contribution < 1.29 is 9.94 Å². The molecular formula is C11H13BrN2O2. The number of hydrogen-bond acceptors (Lipinski definition) is 3. The fourth-order valence-electron chi connectivity index (χ4n) is 1.57. The molecule has 0 atom stereocenters. The molecule has 1 fully saturated rings. The summed E-state index contributed by atoms with van der Waals surface area (Å²) in [5.41, 5.74) is 6.23. The summed E-state index contributed by atoms with van der Waals surface area (Å²) < 4.78 is 6.55. The molecule has 0 radical (unpaired) electrons. The van der Waals surface area contributed by atoms with Crippen LogP contribution in [0.1, 0.15) is 24.8 Å². The minimum atomic E-state index is 0.0572. The van der Waals surface area contributed by atoms with Crippen molar-refractivity contribution in [1.82, 2.24) is 0 Å². The Hall–Kier alpha value is -1.23. The second-order valence-corrected chi connectivity index (χ2v) is 4.62. The van der Waals surface area contributed by atoms with E-state index in [9.17, 15) is 0 Å². The van der Waals surface area contributed by atoms with Gasteiger partial charge in [0.05, 0.1) is 11.7 Å². The lowest BCUT2D eigenvalue weighted by Crippen LogP contribution is -2.26. The molecule has 1 aromatic rings. The zero-order valence-corrected chi connectivity index (χ0v) is 10.3. The first-order valence-corrected chi connectivity index (χ1v) is 5.94. The molecule has 0 saturated heterocycles. The molecule has 0 aliphatic heterocycles. The molecule has 5 heteroatoms. The normalized spacial score (nSPS) is 16.9. The van der Waals surface area contributed by atoms with E-state index < -0.39 is 0 Å². The third-order valence-corrected chi connectivity index (χ3v) is 3.35. The fourth-order valence-corrected chi connectivity index (χ4v) is 2.12. The van der Waals surface area contributed by atoms with Gasteiger partial charge < -0.3 is 15.7 Å². The molecule has 0 amide bonds. The van der Waals surface area contributed by atoms with Crippen molar-refractivity contribution in [3.63, 3.8) is 0 Å². The highest BCUT2D eigenvalue weighted by Gasteiger charge is 2.22. The average molecular weight is 285 g/mol. The first-order valence-electron chi connectivity index (χ1n) is 5.15. The Labute approximate surface area is 102 Å². The Morgan fingerprint density at radius 1 is 1.50 bits per heavy atom. The van der Waals surface area contributed by atoms with Gasteiger partial charge in [0.1, 0.15) is 5.75 Å². The van der Waals surface area contributed by atoms with E-state index in [-0.39, 0.29) is 11.9 Å². The lowest BCUT2D eigenvalue weighted by atomic mass is 9.96. The van der Waals surface area contributed by atoms with Crippen molar-refractivity contribution in [2.45, 2.75) is 25.4 Å². The first-order chi connectivity index (χ1) is 7.72. The van der Waals surface area contributed by atoms with Crippen LogP contribution < -0.4 is 10.5 Å². The molecule has 4 nitrogen and oxygen atoms in total. The van der Waals surface area contributed by atoms with E-state index in [1.165, 1.54) is 6.42 Å². The van der Waals surface area contributed by atoms with Crippen molar-refractivity contribution in [2.75, 3.05) is 0 Å². The zero-order chi connectivity index (χ0) is 11.5. The van der Waals surface area contributed by atoms with Crippen LogP contribution in [0.5, 0.6) is 5.75 Å². The number of rotatable bonds is 3. The molecule has 86 valence electrons. The Morgan fingerprint density at radius 3 is 2.81 bits per heavy atom. The highest BCUT2D eigenvalue weighted by Crippen LogP contribution is 2.31. The molecule has 0 aromatic heterocycles. The van der Waals surface area contributed by atoms with Crippen LogP contribution in [0.2, 0.25) is 0 Å². The SMILES string of the molecule is N/C(=N/O)c1c(Br)cccc1OC1CCC1. The maximum absolute atomic E-state index is 8.73. The molecule has 0 bridgehead atoms. The molecule has 3 N–H and O–H groups in total. The van der Waals surface area contributed by atoms with Crippen LogP contribution in [0.25, 0.3) is 0 Å². The highest BCUT2D eigenvalue weighted by atomic mass is 79.9. The monoisotopic (exact) mass is 284 g/mol. The smallest absolute Gasteiger partial charge is 0.174 e. The van der Waals surface area contributed by atoms with Gasteiger partial charge in [-0.2, -0.15) is 0 Å². The number of ether oxygens (including phenoxy) is 1. The standard InChI is InChI=1S/C11H13BrN2O2/c12-8-5-2-6-9(10(8)11(13)14-15)16-7-3-1-4-7/h2,5-7,15H,1,3-4H2,(H2,13,14). The van der Waals surface area contributed by atoms with Crippen molar-refractivity contribution >= 4 is 21.8 Å². The van der Waals surface area contributed by atoms with Crippen LogP contribution in [-0.4, -0.2) is 17.1 Å². The van der Waals surface area contributed by atoms with Crippen molar-refractivity contribution in [2.24, 2.45) is 10.9 Å². The Bertz CT molecular complexity index is 416. The molecule has 1 saturated carbocycles. The molecule has 1 aliphatic rings. The summed E-state index contributed by atoms with van der Waals surface area (Å²) in [4.78, 5) is 0. The number of nitrogens with two attached hydrogens (primary N) is 1. The third kappa shape index (κ3) is 2.14. The quantitative estimate of drug-likeness (QED) is 0.388. The molecule has 0 unspecified atom stereocenters. The van der Waals surface area contributed by atoms with Crippen molar-refractivity contribution in [1.29, 1.82) is 0 Å². The van der Waals surface area contributed by atoms with Gasteiger partial charge in [0.15, 0.2) is 5.84 Å². The van der Waals surface area contributed by atoms with Gasteiger partial charge in [-0.15, -0.1) is 0 Å². The number of benzene rings is 1. The van der Waals surface area contributed by atoms with E-state index in [1.54, 1.807) is 0 Å². The predicted octanol–water partition coefficient (Wildman–Crippen LogP) is 2.47. The van der Waals surface area contributed by atoms with Gasteiger partial charge in [0, 0.05) is 4.47 Å². The van der Waals surface area contributed by atoms with Crippen molar-refractivity contribution in [3.8, 4) is 5.75 Å². The van der Waals surface area contributed by atoms with Gasteiger partial charge >= 0.3 is 0 Å². The van der Waals surface area contributed by atoms with Crippen LogP contribution in [0.3, 0.4) is 0 Å². The summed E-state index contributed by atoms with van der Waals surface area (Å²) in [6.07, 6.45) is 3.61. The summed E-state index contributed by atoms with van der Waals surface area (Å²) in [6.45, 7) is 0. The van der Waals surface area contributed by atoms with Gasteiger partial charge in [-0.25, -0.2) is 0 Å². The second kappa shape index (κ2) is 4.74. The van der Waals surface area contributed by atoms with Crippen LogP contribution in [0.4, 0.5) is 0 Å². The summed E-state index contributed by atoms with van der Waals surface area (Å²) in [6, 6.07) is 5.53. The van der Waals surface area contributed by atoms with E-state index in [0.29, 0.717) is 11.3 Å². The molecule has 16 heavy (non-hydrogen) atoms. The predicted molar refractivity (Wildman–Crippen MR) is 64.9 cm³/mol. The number of nitrogens with zero attached hydrogens (tertiary/aromatic N) is 1. The minimum absolute atomic E-state index is 0.0572. The van der Waals surface area contributed by atoms with Crippen LogP contribution in [0, 0.1) is 0 Å². The van der Waals surface area contributed by atoms with E-state index in [4.69, 9.17) is 15.7 Å². The Balaban J connectivity index is 2.31. The van der Waals surface area contributed by atoms with Gasteiger partial charge in [0.2, 0.25) is 0 Å². The maximum Gasteiger partial charge on any atom is 0.174 e. The maximum atomic E-state index is 8.73. The summed E-state index contributed by atoms with van der Waals surface area (Å²) in [5.74, 6) is 0.719. The van der Waals surface area contributed by atoms with Crippen LogP contribution >= 0.6 is 15.9 Å². The highest BCUT2D eigenvalue weighted by molar-refractivity contribution is 9.10. The first kappa shape index (κ1) is 11.3. The Morgan fingerprint density at radius 2 is 2.25 bits per heavy atom. The minimum Gasteiger partial charge on any atom is -0.490 e. The topological polar surface area (TPSA) is 67.8 Å². The lowest BCUT2D eigenvalue weighted by molar-refractivity contribution is 0.120. The number of halogens is 1. The van der Waals surface area contributed by atoms with E-state index in [1.807, 2.05) is 18.2 Å². The lowest BCUT2D eigenvalue weighted by Gasteiger charge is -2.27. The number of hydrogen-bond donors (Lipinski definition) is 2.